The predicted molar refractivity (Wildman–Crippen MR) is 82.7 cm³/mol. The van der Waals surface area contributed by atoms with Crippen LogP contribution in [0.1, 0.15) is 44.1 Å². The molecular weight excluding hydrogens is 298 g/mol. The molecule has 0 aromatic heterocycles. The summed E-state index contributed by atoms with van der Waals surface area (Å²) in [6.07, 6.45) is 5.84. The van der Waals surface area contributed by atoms with Gasteiger partial charge in [0.05, 0.1) is 5.54 Å². The lowest BCUT2D eigenvalue weighted by molar-refractivity contribution is -0.122. The molecule has 0 spiro atoms. The first-order chi connectivity index (χ1) is 11.0. The number of nitrogens with one attached hydrogen (secondary N) is 1. The minimum Gasteiger partial charge on any atom is -0.347 e. The summed E-state index contributed by atoms with van der Waals surface area (Å²) in [6, 6.07) is 4.19. The van der Waals surface area contributed by atoms with Crippen molar-refractivity contribution in [2.24, 2.45) is 5.92 Å². The Hall–Kier alpha value is -1.49. The van der Waals surface area contributed by atoms with E-state index in [-0.39, 0.29) is 5.91 Å². The van der Waals surface area contributed by atoms with E-state index in [1.165, 1.54) is 31.4 Å². The Morgan fingerprint density at radius 1 is 1.22 bits per heavy atom. The summed E-state index contributed by atoms with van der Waals surface area (Å²) in [5.74, 6) is -0.370. The Balaban J connectivity index is 1.35. The molecule has 1 amide bonds. The van der Waals surface area contributed by atoms with Gasteiger partial charge in [-0.2, -0.15) is 0 Å². The van der Waals surface area contributed by atoms with E-state index in [0.29, 0.717) is 18.0 Å². The second-order valence-electron chi connectivity index (χ2n) is 7.37. The van der Waals surface area contributed by atoms with Gasteiger partial charge >= 0.3 is 0 Å². The zero-order valence-electron chi connectivity index (χ0n) is 13.2. The summed E-state index contributed by atoms with van der Waals surface area (Å²) >= 11 is 0. The first-order valence-electron chi connectivity index (χ1n) is 8.56. The van der Waals surface area contributed by atoms with Gasteiger partial charge in [0.25, 0.3) is 0 Å². The minimum atomic E-state index is -0.589. The summed E-state index contributed by atoms with van der Waals surface area (Å²) in [5, 5.41) is 3.01. The van der Waals surface area contributed by atoms with Gasteiger partial charge in [0.15, 0.2) is 0 Å². The van der Waals surface area contributed by atoms with Gasteiger partial charge in [-0.05, 0) is 55.7 Å². The number of nitrogens with zero attached hydrogens (tertiary/aromatic N) is 1. The molecular formula is C18H22F2N2O. The van der Waals surface area contributed by atoms with Crippen LogP contribution in [0.25, 0.3) is 0 Å². The molecule has 1 heterocycles. The van der Waals surface area contributed by atoms with Crippen molar-refractivity contribution in [3.05, 3.63) is 35.4 Å². The number of amides is 1. The molecule has 1 N–H and O–H groups in total. The molecule has 2 bridgehead atoms. The van der Waals surface area contributed by atoms with Gasteiger partial charge in [-0.3, -0.25) is 9.69 Å². The molecule has 1 saturated heterocycles. The second kappa shape index (κ2) is 5.55. The molecule has 3 nitrogen and oxygen atoms in total. The lowest BCUT2D eigenvalue weighted by Crippen LogP contribution is -2.39. The molecule has 1 aromatic rings. The summed E-state index contributed by atoms with van der Waals surface area (Å²) in [7, 11) is 0. The van der Waals surface area contributed by atoms with Crippen LogP contribution in [0.15, 0.2) is 18.2 Å². The van der Waals surface area contributed by atoms with E-state index in [1.807, 2.05) is 0 Å². The van der Waals surface area contributed by atoms with Crippen molar-refractivity contribution in [1.29, 1.82) is 0 Å². The van der Waals surface area contributed by atoms with Crippen LogP contribution in [0.5, 0.6) is 0 Å². The Morgan fingerprint density at radius 3 is 2.52 bits per heavy atom. The van der Waals surface area contributed by atoms with Crippen LogP contribution in [0.2, 0.25) is 0 Å². The van der Waals surface area contributed by atoms with Gasteiger partial charge in [-0.25, -0.2) is 8.78 Å². The molecule has 0 radical (unpaired) electrons. The number of carbonyl (C=O) groups excluding carboxylic acids is 1. The summed E-state index contributed by atoms with van der Waals surface area (Å²) in [6.45, 7) is 1.92. The first-order valence-corrected chi connectivity index (χ1v) is 8.56. The van der Waals surface area contributed by atoms with Crippen LogP contribution >= 0.6 is 0 Å². The number of halogens is 2. The maximum atomic E-state index is 13.4. The van der Waals surface area contributed by atoms with E-state index in [2.05, 4.69) is 10.2 Å². The summed E-state index contributed by atoms with van der Waals surface area (Å²) in [5.41, 5.74) is -0.00657. The van der Waals surface area contributed by atoms with E-state index in [1.54, 1.807) is 0 Å². The molecule has 2 aliphatic carbocycles. The molecule has 5 heteroatoms. The monoisotopic (exact) mass is 320 g/mol. The van der Waals surface area contributed by atoms with Crippen molar-refractivity contribution in [3.8, 4) is 0 Å². The number of rotatable bonds is 5. The Bertz CT molecular complexity index is 609. The standard InChI is InChI=1S/C18H22F2N2O/c19-14-8-13(9-15(20)10-14)18(4-5-18)21-17(23)3-6-22-11-12-1-2-16(22)7-12/h8-10,12,16H,1-7,11H2,(H,21,23)/t12-,16+/m1/s1. The second-order valence-corrected chi connectivity index (χ2v) is 7.37. The van der Waals surface area contributed by atoms with Gasteiger partial charge in [0.1, 0.15) is 11.6 Å². The fourth-order valence-corrected chi connectivity index (χ4v) is 4.32. The molecule has 0 unspecified atom stereocenters. The van der Waals surface area contributed by atoms with E-state index in [4.69, 9.17) is 0 Å². The number of piperidine rings is 1. The highest BCUT2D eigenvalue weighted by Gasteiger charge is 2.46. The zero-order valence-corrected chi connectivity index (χ0v) is 13.2. The smallest absolute Gasteiger partial charge is 0.221 e. The Labute approximate surface area is 135 Å². The molecule has 3 aliphatic rings. The zero-order chi connectivity index (χ0) is 16.0. The van der Waals surface area contributed by atoms with Gasteiger partial charge in [0.2, 0.25) is 5.91 Å². The fraction of sp³-hybridized carbons (Fsp3) is 0.611. The van der Waals surface area contributed by atoms with Crippen LogP contribution in [0.3, 0.4) is 0 Å². The Kier molecular flexibility index (Phi) is 3.63. The number of benzene rings is 1. The van der Waals surface area contributed by atoms with Gasteiger partial charge in [-0.15, -0.1) is 0 Å². The first kappa shape index (κ1) is 15.1. The van der Waals surface area contributed by atoms with Crippen molar-refractivity contribution < 1.29 is 13.6 Å². The highest BCUT2D eigenvalue weighted by atomic mass is 19.1. The SMILES string of the molecule is O=C(CCN1C[C@@H]2CC[C@H]1C2)NC1(c2cc(F)cc(F)c2)CC1. The molecule has 3 fully saturated rings. The third kappa shape index (κ3) is 2.99. The van der Waals surface area contributed by atoms with Crippen LogP contribution in [0.4, 0.5) is 8.78 Å². The van der Waals surface area contributed by atoms with Crippen molar-refractivity contribution in [3.63, 3.8) is 0 Å². The highest BCUT2D eigenvalue weighted by molar-refractivity contribution is 5.77. The molecule has 4 rings (SSSR count). The van der Waals surface area contributed by atoms with Crippen molar-refractivity contribution in [1.82, 2.24) is 10.2 Å². The van der Waals surface area contributed by atoms with E-state index < -0.39 is 17.2 Å². The van der Waals surface area contributed by atoms with Crippen molar-refractivity contribution in [2.45, 2.75) is 50.1 Å². The number of likely N-dealkylation sites (tertiary alicyclic amines) is 1. The van der Waals surface area contributed by atoms with Crippen LogP contribution in [0, 0.1) is 17.6 Å². The average Bonchev–Trinajstić information content (AvgIpc) is 2.98. The number of fused-ring (bicyclic) bond motifs is 2. The predicted octanol–water partition coefficient (Wildman–Crippen LogP) is 2.94. The van der Waals surface area contributed by atoms with Crippen LogP contribution in [-0.2, 0) is 10.3 Å². The van der Waals surface area contributed by atoms with E-state index in [0.717, 1.165) is 37.9 Å². The molecule has 23 heavy (non-hydrogen) atoms. The van der Waals surface area contributed by atoms with Gasteiger partial charge < -0.3 is 5.32 Å². The quantitative estimate of drug-likeness (QED) is 0.905. The summed E-state index contributed by atoms with van der Waals surface area (Å²) < 4.78 is 26.8. The van der Waals surface area contributed by atoms with Gasteiger partial charge in [0, 0.05) is 31.6 Å². The lowest BCUT2D eigenvalue weighted by atomic mass is 10.0. The largest absolute Gasteiger partial charge is 0.347 e. The van der Waals surface area contributed by atoms with Crippen LogP contribution in [-0.4, -0.2) is 29.9 Å². The van der Waals surface area contributed by atoms with Crippen LogP contribution < -0.4 is 5.32 Å². The maximum absolute atomic E-state index is 13.4. The molecule has 2 saturated carbocycles. The molecule has 1 aliphatic heterocycles. The number of carbonyl (C=O) groups is 1. The third-order valence-electron chi connectivity index (χ3n) is 5.69. The third-order valence-corrected chi connectivity index (χ3v) is 5.69. The summed E-state index contributed by atoms with van der Waals surface area (Å²) in [4.78, 5) is 14.7. The highest BCUT2D eigenvalue weighted by Crippen LogP contribution is 2.46. The van der Waals surface area contributed by atoms with Crippen molar-refractivity contribution in [2.75, 3.05) is 13.1 Å². The number of hydrogen-bond acceptors (Lipinski definition) is 2. The molecule has 124 valence electrons. The van der Waals surface area contributed by atoms with E-state index in [9.17, 15) is 13.6 Å². The Morgan fingerprint density at radius 2 is 1.96 bits per heavy atom. The topological polar surface area (TPSA) is 32.3 Å². The fourth-order valence-electron chi connectivity index (χ4n) is 4.32. The number of hydrogen-bond donors (Lipinski definition) is 1. The lowest BCUT2D eigenvalue weighted by Gasteiger charge is -2.27. The van der Waals surface area contributed by atoms with Gasteiger partial charge in [-0.1, -0.05) is 0 Å². The average molecular weight is 320 g/mol. The molecule has 2 atom stereocenters. The van der Waals surface area contributed by atoms with E-state index >= 15 is 0 Å². The maximum Gasteiger partial charge on any atom is 0.221 e. The van der Waals surface area contributed by atoms with Crippen molar-refractivity contribution >= 4 is 5.91 Å². The molecule has 1 aromatic carbocycles. The minimum absolute atomic E-state index is 0.0186. The normalized spacial score (nSPS) is 28.1.